The van der Waals surface area contributed by atoms with Crippen LogP contribution in [0.5, 0.6) is 23.0 Å². The molecule has 4 atom stereocenters. The number of carbonyl (C=O) groups excluding carboxylic acids is 4. The lowest BCUT2D eigenvalue weighted by molar-refractivity contribution is -0.112. The number of phenols is 2. The number of aromatic hydroxyl groups is 2. The second-order valence-electron chi connectivity index (χ2n) is 15.8. The summed E-state index contributed by atoms with van der Waals surface area (Å²) in [7, 11) is 2.41. The number of hydrogen-bond donors (Lipinski definition) is 2. The first kappa shape index (κ1) is 49.0. The molecule has 4 aliphatic heterocycles. The average Bonchev–Trinajstić information content (AvgIpc) is 3.32. The summed E-state index contributed by atoms with van der Waals surface area (Å²) in [6.45, 7) is 5.80. The van der Waals surface area contributed by atoms with Crippen LogP contribution in [0.3, 0.4) is 0 Å². The van der Waals surface area contributed by atoms with E-state index in [1.54, 1.807) is 18.9 Å². The number of aromatic nitrogens is 2. The van der Waals surface area contributed by atoms with Crippen LogP contribution in [0.25, 0.3) is 0 Å². The van der Waals surface area contributed by atoms with E-state index in [-0.39, 0.29) is 88.1 Å². The number of ether oxygens (including phenoxy) is 6. The maximum atomic E-state index is 13.3. The number of methoxy groups -OCH3 is 2. The Morgan fingerprint density at radius 2 is 0.955 bits per heavy atom. The molecule has 0 unspecified atom stereocenters. The number of benzene rings is 3. The number of hydrogen-bond acceptors (Lipinski definition) is 14. The van der Waals surface area contributed by atoms with Gasteiger partial charge in [0.2, 0.25) is 10.9 Å². The van der Waals surface area contributed by atoms with E-state index in [1.807, 2.05) is 74.5 Å². The predicted molar refractivity (Wildman–Crippen MR) is 239 cm³/mol. The Morgan fingerprint density at radius 3 is 1.30 bits per heavy atom. The summed E-state index contributed by atoms with van der Waals surface area (Å²) in [4.78, 5) is 80.2. The molecule has 3 aromatic carbocycles. The Hall–Kier alpha value is -7.48. The van der Waals surface area contributed by atoms with Crippen LogP contribution < -0.4 is 20.3 Å². The quantitative estimate of drug-likeness (QED) is 0.166. The van der Waals surface area contributed by atoms with Crippen molar-refractivity contribution in [2.24, 2.45) is 0 Å². The van der Waals surface area contributed by atoms with Crippen LogP contribution in [0.15, 0.2) is 107 Å². The van der Waals surface area contributed by atoms with Crippen LogP contribution in [-0.2, 0) is 45.3 Å². The van der Waals surface area contributed by atoms with Gasteiger partial charge >= 0.3 is 11.9 Å². The van der Waals surface area contributed by atoms with Crippen molar-refractivity contribution in [2.45, 2.75) is 77.5 Å². The maximum Gasteiger partial charge on any atom is 0.343 e. The first-order chi connectivity index (χ1) is 31.8. The minimum atomic E-state index is -0.775. The molecule has 2 aromatic heterocycles. The van der Waals surface area contributed by atoms with Crippen molar-refractivity contribution in [1.82, 2.24) is 18.9 Å². The van der Waals surface area contributed by atoms with Crippen LogP contribution in [-0.4, -0.2) is 110 Å². The molecular weight excluding hydrogens is 873 g/mol. The molecule has 6 heterocycles. The van der Waals surface area contributed by atoms with Crippen molar-refractivity contribution < 1.29 is 63.3 Å². The normalized spacial score (nSPS) is 18.9. The molecule has 5 aromatic rings. The summed E-state index contributed by atoms with van der Waals surface area (Å²) in [5, 5.41) is 17.3. The molecule has 4 N–H and O–H groups in total. The fourth-order valence-corrected chi connectivity index (χ4v) is 7.98. The van der Waals surface area contributed by atoms with E-state index in [4.69, 9.17) is 38.6 Å². The van der Waals surface area contributed by atoms with Crippen molar-refractivity contribution in [1.29, 1.82) is 0 Å². The van der Waals surface area contributed by atoms with Gasteiger partial charge in [-0.1, -0.05) is 60.7 Å². The Bertz CT molecular complexity index is 2500. The van der Waals surface area contributed by atoms with Crippen LogP contribution in [0, 0.1) is 0 Å². The highest BCUT2D eigenvalue weighted by Gasteiger charge is 2.43. The predicted octanol–water partition coefficient (Wildman–Crippen LogP) is 3.88. The smallest absolute Gasteiger partial charge is 0.343 e. The highest BCUT2D eigenvalue weighted by atomic mass is 16.5. The summed E-state index contributed by atoms with van der Waals surface area (Å²) in [6, 6.07) is 24.2. The summed E-state index contributed by atoms with van der Waals surface area (Å²) in [5.41, 5.74) is 0.274. The van der Waals surface area contributed by atoms with E-state index in [0.29, 0.717) is 39.1 Å². The van der Waals surface area contributed by atoms with Crippen molar-refractivity contribution in [3.8, 4) is 23.0 Å². The molecule has 19 heteroatoms. The molecule has 0 aliphatic carbocycles. The highest BCUT2D eigenvalue weighted by Crippen LogP contribution is 2.32. The summed E-state index contributed by atoms with van der Waals surface area (Å²) < 4.78 is 35.7. The molecule has 0 bridgehead atoms. The zero-order valence-corrected chi connectivity index (χ0v) is 37.3. The summed E-state index contributed by atoms with van der Waals surface area (Å²) in [6.07, 6.45) is 3.25. The van der Waals surface area contributed by atoms with Gasteiger partial charge in [-0.15, -0.1) is 0 Å². The van der Waals surface area contributed by atoms with Crippen LogP contribution in [0.1, 0.15) is 79.5 Å². The average molecular weight is 925 g/mol. The molecule has 67 heavy (non-hydrogen) atoms. The van der Waals surface area contributed by atoms with Crippen molar-refractivity contribution in [3.63, 3.8) is 0 Å². The van der Waals surface area contributed by atoms with Gasteiger partial charge in [-0.05, 0) is 62.1 Å². The fourth-order valence-electron chi connectivity index (χ4n) is 7.98. The SMILES string of the molecule is COC(=O)c1cn2c(c(OCc3ccccc3)c1=O)C(=O)N1[C@H](C)CCO[C@H]1C2.COC(=O)c1cn2c(c(OCc3ccccc3)c1=O)C(=O)N1[C@H](C)CCO[C@H]1C2.O.Oc1ccc(O)cc1. The zero-order chi connectivity index (χ0) is 47.1. The molecule has 0 saturated carbocycles. The molecule has 354 valence electrons. The number of esters is 2. The number of carbonyl (C=O) groups is 4. The van der Waals surface area contributed by atoms with Crippen molar-refractivity contribution in [2.75, 3.05) is 27.4 Å². The molecule has 4 aliphatic rings. The standard InChI is InChI=1S/2C21H22N2O6.C6H6O2.H2O/c2*1-13-8-9-28-16-11-22-10-15(21(26)27-2)18(24)19(17(22)20(25)23(13)16)29-12-14-6-4-3-5-7-14;7-5-1-2-6(8)4-3-5;/h2*3-7,10,13,16H,8-9,11-12H2,1-2H3;1-4,7-8H;1H2/t2*13-,16+;;/m11../s1. The Labute approximate surface area is 384 Å². The molecular formula is C48H52N4O15. The van der Waals surface area contributed by atoms with Crippen LogP contribution in [0.2, 0.25) is 0 Å². The maximum absolute atomic E-state index is 13.3. The third kappa shape index (κ3) is 10.6. The number of rotatable bonds is 8. The summed E-state index contributed by atoms with van der Waals surface area (Å²) in [5.74, 6) is -2.18. The minimum Gasteiger partial charge on any atom is -0.508 e. The zero-order valence-electron chi connectivity index (χ0n) is 37.3. The van der Waals surface area contributed by atoms with E-state index in [1.165, 1.54) is 50.9 Å². The Kier molecular flexibility index (Phi) is 15.8. The lowest BCUT2D eigenvalue weighted by Crippen LogP contribution is -2.57. The number of amides is 2. The van der Waals surface area contributed by atoms with Gasteiger partial charge in [-0.25, -0.2) is 9.59 Å². The lowest BCUT2D eigenvalue weighted by atomic mass is 10.1. The van der Waals surface area contributed by atoms with Gasteiger partial charge in [0.15, 0.2) is 35.3 Å². The Balaban J connectivity index is 0.000000187. The minimum absolute atomic E-state index is 0. The molecule has 9 rings (SSSR count). The van der Waals surface area contributed by atoms with E-state index in [0.717, 1.165) is 11.1 Å². The van der Waals surface area contributed by atoms with Gasteiger partial charge in [0.25, 0.3) is 11.8 Å². The lowest BCUT2D eigenvalue weighted by Gasteiger charge is -2.44. The van der Waals surface area contributed by atoms with Gasteiger partial charge < -0.3 is 63.0 Å². The van der Waals surface area contributed by atoms with Crippen molar-refractivity contribution in [3.05, 3.63) is 151 Å². The first-order valence-electron chi connectivity index (χ1n) is 21.2. The monoisotopic (exact) mass is 924 g/mol. The summed E-state index contributed by atoms with van der Waals surface area (Å²) >= 11 is 0. The van der Waals surface area contributed by atoms with E-state index >= 15 is 0 Å². The third-order valence-corrected chi connectivity index (χ3v) is 11.4. The van der Waals surface area contributed by atoms with E-state index in [9.17, 15) is 28.8 Å². The van der Waals surface area contributed by atoms with E-state index < -0.39 is 35.3 Å². The molecule has 0 spiro atoms. The molecule has 2 fully saturated rings. The van der Waals surface area contributed by atoms with Gasteiger partial charge in [-0.3, -0.25) is 19.2 Å². The number of phenolic OH excluding ortho intramolecular Hbond substituents is 2. The largest absolute Gasteiger partial charge is 0.508 e. The number of fused-ring (bicyclic) bond motifs is 4. The van der Waals surface area contributed by atoms with Crippen LogP contribution >= 0.6 is 0 Å². The van der Waals surface area contributed by atoms with Gasteiger partial charge in [0.05, 0.1) is 40.5 Å². The molecule has 2 saturated heterocycles. The first-order valence-corrected chi connectivity index (χ1v) is 21.2. The second-order valence-corrected chi connectivity index (χ2v) is 15.8. The fraction of sp³-hybridized carbons (Fsp3) is 0.333. The van der Waals surface area contributed by atoms with Gasteiger partial charge in [0.1, 0.15) is 35.8 Å². The topological polar surface area (TPSA) is 246 Å². The highest BCUT2D eigenvalue weighted by molar-refractivity contribution is 5.99. The van der Waals surface area contributed by atoms with Gasteiger partial charge in [-0.2, -0.15) is 0 Å². The van der Waals surface area contributed by atoms with Crippen LogP contribution in [0.4, 0.5) is 0 Å². The number of nitrogens with zero attached hydrogens (tertiary/aromatic N) is 4. The van der Waals surface area contributed by atoms with Gasteiger partial charge in [0, 0.05) is 24.5 Å². The third-order valence-electron chi connectivity index (χ3n) is 11.4. The molecule has 2 amide bonds. The Morgan fingerprint density at radius 1 is 0.597 bits per heavy atom. The second kappa shape index (κ2) is 21.7. The van der Waals surface area contributed by atoms with Crippen molar-refractivity contribution >= 4 is 23.8 Å². The molecule has 0 radical (unpaired) electrons. The number of pyridine rings is 2. The van der Waals surface area contributed by atoms with E-state index in [2.05, 4.69) is 0 Å². The molecule has 19 nitrogen and oxygen atoms in total.